The number of hydrogen-bond donors (Lipinski definition) is 2. The number of anilines is 2. The molecule has 5 rings (SSSR count). The molecular formula is C30H35N7O3S. The second-order valence-corrected chi connectivity index (χ2v) is 12.3. The summed E-state index contributed by atoms with van der Waals surface area (Å²) < 4.78 is 6.29. The number of amides is 2. The number of hydrogen-bond acceptors (Lipinski definition) is 8. The van der Waals surface area contributed by atoms with Crippen LogP contribution in [-0.4, -0.2) is 57.1 Å². The van der Waals surface area contributed by atoms with Gasteiger partial charge in [-0.05, 0) is 79.2 Å². The third-order valence-corrected chi connectivity index (χ3v) is 8.02. The van der Waals surface area contributed by atoms with Gasteiger partial charge in [0.2, 0.25) is 0 Å². The van der Waals surface area contributed by atoms with Crippen LogP contribution in [0.2, 0.25) is 0 Å². The van der Waals surface area contributed by atoms with Gasteiger partial charge in [0.25, 0.3) is 5.91 Å². The molecule has 0 aliphatic carbocycles. The lowest BCUT2D eigenvalue weighted by Gasteiger charge is -2.23. The average molecular weight is 574 g/mol. The summed E-state index contributed by atoms with van der Waals surface area (Å²) in [5, 5.41) is 14.6. The van der Waals surface area contributed by atoms with E-state index in [9.17, 15) is 9.59 Å². The van der Waals surface area contributed by atoms with Crippen LogP contribution >= 0.6 is 11.3 Å². The molecule has 41 heavy (non-hydrogen) atoms. The Morgan fingerprint density at radius 1 is 1.07 bits per heavy atom. The Morgan fingerprint density at radius 3 is 2.59 bits per heavy atom. The first-order valence-electron chi connectivity index (χ1n) is 13.6. The van der Waals surface area contributed by atoms with Gasteiger partial charge in [-0.15, -0.1) is 5.10 Å². The number of carbonyl (C=O) groups is 2. The number of aryl methyl sites for hydroxylation is 1. The molecule has 0 bridgehead atoms. The lowest BCUT2D eigenvalue weighted by atomic mass is 9.85. The summed E-state index contributed by atoms with van der Waals surface area (Å²) in [6.07, 6.45) is 5.29. The molecule has 0 unspecified atom stereocenters. The molecule has 1 aliphatic rings. The number of ether oxygens (including phenoxy) is 1. The standard InChI is InChI=1S/C30H35N7O3S/c1-19-8-9-23(15-25(19)37-18-24(34-35-37)26-16-31-28(41-26)33-29(39)40-5)32-27(38)21-12-20(17-36-10-6-7-11-36)13-22(14-21)30(2,3)4/h8-9,12-16,18H,6-7,10-11,17H2,1-5H3,(H,32,38)(H,31,33,39). The van der Waals surface area contributed by atoms with Crippen molar-refractivity contribution >= 4 is 34.2 Å². The number of aromatic nitrogens is 4. The summed E-state index contributed by atoms with van der Waals surface area (Å²) in [5.74, 6) is -0.150. The molecule has 2 amide bonds. The lowest BCUT2D eigenvalue weighted by molar-refractivity contribution is 0.102. The number of nitrogens with one attached hydrogen (secondary N) is 2. The summed E-state index contributed by atoms with van der Waals surface area (Å²) in [4.78, 5) is 32.4. The van der Waals surface area contributed by atoms with Crippen molar-refractivity contribution in [1.82, 2.24) is 24.9 Å². The third-order valence-electron chi connectivity index (χ3n) is 7.09. The van der Waals surface area contributed by atoms with E-state index < -0.39 is 6.09 Å². The van der Waals surface area contributed by atoms with E-state index in [2.05, 4.69) is 62.4 Å². The van der Waals surface area contributed by atoms with Gasteiger partial charge in [0, 0.05) is 24.0 Å². The number of rotatable bonds is 7. The third kappa shape index (κ3) is 6.80. The molecule has 0 saturated carbocycles. The molecule has 1 saturated heterocycles. The van der Waals surface area contributed by atoms with Gasteiger partial charge >= 0.3 is 6.09 Å². The van der Waals surface area contributed by atoms with Crippen molar-refractivity contribution in [3.05, 3.63) is 71.0 Å². The van der Waals surface area contributed by atoms with Crippen molar-refractivity contribution in [2.24, 2.45) is 0 Å². The Bertz CT molecular complexity index is 1560. The molecule has 214 valence electrons. The maximum atomic E-state index is 13.5. The highest BCUT2D eigenvalue weighted by atomic mass is 32.1. The molecule has 1 fully saturated rings. The fraction of sp³-hybridized carbons (Fsp3) is 0.367. The minimum absolute atomic E-state index is 0.0773. The Kier molecular flexibility index (Phi) is 8.18. The van der Waals surface area contributed by atoms with Crippen molar-refractivity contribution in [1.29, 1.82) is 0 Å². The molecule has 4 aromatic rings. The fourth-order valence-electron chi connectivity index (χ4n) is 4.77. The molecule has 2 aromatic heterocycles. The molecule has 0 radical (unpaired) electrons. The topological polar surface area (TPSA) is 114 Å². The predicted molar refractivity (Wildman–Crippen MR) is 161 cm³/mol. The van der Waals surface area contributed by atoms with Crippen molar-refractivity contribution < 1.29 is 14.3 Å². The van der Waals surface area contributed by atoms with Gasteiger partial charge in [-0.3, -0.25) is 15.0 Å². The van der Waals surface area contributed by atoms with Crippen LogP contribution in [0.4, 0.5) is 15.6 Å². The molecule has 1 aliphatic heterocycles. The van der Waals surface area contributed by atoms with E-state index in [1.165, 1.54) is 31.3 Å². The van der Waals surface area contributed by atoms with Crippen LogP contribution in [0.1, 0.15) is 60.7 Å². The van der Waals surface area contributed by atoms with Gasteiger partial charge < -0.3 is 10.1 Å². The summed E-state index contributed by atoms with van der Waals surface area (Å²) in [7, 11) is 1.30. The second-order valence-electron chi connectivity index (χ2n) is 11.3. The van der Waals surface area contributed by atoms with Crippen molar-refractivity contribution in [3.63, 3.8) is 0 Å². The van der Waals surface area contributed by atoms with E-state index in [1.807, 2.05) is 37.3 Å². The lowest BCUT2D eigenvalue weighted by Crippen LogP contribution is -2.21. The number of thiazole rings is 1. The molecule has 0 atom stereocenters. The summed E-state index contributed by atoms with van der Waals surface area (Å²) in [5.41, 5.74) is 5.92. The number of likely N-dealkylation sites (tertiary alicyclic amines) is 1. The van der Waals surface area contributed by atoms with Gasteiger partial charge in [0.15, 0.2) is 5.13 Å². The Balaban J connectivity index is 1.36. The van der Waals surface area contributed by atoms with Crippen LogP contribution in [0.5, 0.6) is 0 Å². The maximum Gasteiger partial charge on any atom is 0.413 e. The van der Waals surface area contributed by atoms with Crippen molar-refractivity contribution in [3.8, 4) is 16.3 Å². The SMILES string of the molecule is COC(=O)Nc1ncc(-c2cn(-c3cc(NC(=O)c4cc(CN5CCCC5)cc(C(C)(C)C)c4)ccc3C)nn2)s1. The van der Waals surface area contributed by atoms with Gasteiger partial charge in [0.1, 0.15) is 5.69 Å². The van der Waals surface area contributed by atoms with E-state index in [4.69, 9.17) is 0 Å². The van der Waals surface area contributed by atoms with E-state index in [1.54, 1.807) is 17.1 Å². The zero-order valence-corrected chi connectivity index (χ0v) is 24.8. The predicted octanol–water partition coefficient (Wildman–Crippen LogP) is 6.02. The molecule has 2 N–H and O–H groups in total. The minimum atomic E-state index is -0.586. The molecule has 10 nitrogen and oxygen atoms in total. The normalized spacial score (nSPS) is 13.8. The zero-order valence-electron chi connectivity index (χ0n) is 24.0. The van der Waals surface area contributed by atoms with Crippen LogP contribution in [0.15, 0.2) is 48.8 Å². The number of carbonyl (C=O) groups excluding carboxylic acids is 2. The quantitative estimate of drug-likeness (QED) is 0.278. The summed E-state index contributed by atoms with van der Waals surface area (Å²) in [6.45, 7) is 11.6. The van der Waals surface area contributed by atoms with Gasteiger partial charge in [-0.1, -0.05) is 49.5 Å². The molecule has 3 heterocycles. The van der Waals surface area contributed by atoms with Crippen molar-refractivity contribution in [2.75, 3.05) is 30.8 Å². The van der Waals surface area contributed by atoms with Crippen LogP contribution in [0.25, 0.3) is 16.3 Å². The summed E-state index contributed by atoms with van der Waals surface area (Å²) in [6, 6.07) is 12.0. The van der Waals surface area contributed by atoms with E-state index in [0.29, 0.717) is 22.1 Å². The minimum Gasteiger partial charge on any atom is -0.453 e. The molecule has 11 heteroatoms. The molecule has 0 spiro atoms. The first kappa shape index (κ1) is 28.4. The van der Waals surface area contributed by atoms with Crippen LogP contribution in [0.3, 0.4) is 0 Å². The largest absolute Gasteiger partial charge is 0.453 e. The Morgan fingerprint density at radius 2 is 1.85 bits per heavy atom. The van der Waals surface area contributed by atoms with Gasteiger partial charge in [-0.2, -0.15) is 0 Å². The maximum absolute atomic E-state index is 13.5. The first-order chi connectivity index (χ1) is 19.6. The van der Waals surface area contributed by atoms with Gasteiger partial charge in [-0.25, -0.2) is 14.5 Å². The highest BCUT2D eigenvalue weighted by Gasteiger charge is 2.20. The fourth-order valence-corrected chi connectivity index (χ4v) is 5.52. The summed E-state index contributed by atoms with van der Waals surface area (Å²) >= 11 is 1.27. The molecule has 2 aromatic carbocycles. The van der Waals surface area contributed by atoms with Crippen LogP contribution < -0.4 is 10.6 Å². The van der Waals surface area contributed by atoms with E-state index >= 15 is 0 Å². The number of methoxy groups -OCH3 is 1. The Hall–Kier alpha value is -4.09. The number of benzene rings is 2. The highest BCUT2D eigenvalue weighted by molar-refractivity contribution is 7.19. The van der Waals surface area contributed by atoms with Crippen LogP contribution in [0, 0.1) is 6.92 Å². The molecular weight excluding hydrogens is 538 g/mol. The van der Waals surface area contributed by atoms with Crippen LogP contribution in [-0.2, 0) is 16.7 Å². The second kappa shape index (κ2) is 11.8. The van der Waals surface area contributed by atoms with E-state index in [-0.39, 0.29) is 11.3 Å². The zero-order chi connectivity index (χ0) is 29.1. The van der Waals surface area contributed by atoms with Crippen molar-refractivity contribution in [2.45, 2.75) is 52.5 Å². The highest BCUT2D eigenvalue weighted by Crippen LogP contribution is 2.29. The van der Waals surface area contributed by atoms with E-state index in [0.717, 1.165) is 46.9 Å². The Labute approximate surface area is 243 Å². The smallest absolute Gasteiger partial charge is 0.413 e. The first-order valence-corrected chi connectivity index (χ1v) is 14.4. The van der Waals surface area contributed by atoms with Gasteiger partial charge in [0.05, 0.1) is 23.9 Å². The monoisotopic (exact) mass is 573 g/mol. The number of nitrogens with zero attached hydrogens (tertiary/aromatic N) is 5. The average Bonchev–Trinajstić information content (AvgIpc) is 3.71.